The Hall–Kier alpha value is -0.580. The Morgan fingerprint density at radius 3 is 2.21 bits per heavy atom. The Morgan fingerprint density at radius 2 is 1.71 bits per heavy atom. The minimum atomic E-state index is 0.247. The average Bonchev–Trinajstić information content (AvgIpc) is 2.19. The Balaban J connectivity index is 3.43. The topological polar surface area (TPSA) is 52.5 Å². The lowest BCUT2D eigenvalue weighted by atomic mass is 9.99. The van der Waals surface area contributed by atoms with E-state index in [1.54, 1.807) is 0 Å². The Bertz CT molecular complexity index is 335. The van der Waals surface area contributed by atoms with Gasteiger partial charge in [0.15, 0.2) is 0 Å². The van der Waals surface area contributed by atoms with Crippen LogP contribution in [0.25, 0.3) is 0 Å². The third kappa shape index (κ3) is 1.78. The summed E-state index contributed by atoms with van der Waals surface area (Å²) in [6.45, 7) is 5.96. The van der Waals surface area contributed by atoms with Gasteiger partial charge in [-0.3, -0.25) is 0 Å². The minimum Gasteiger partial charge on any atom is -0.507 e. The van der Waals surface area contributed by atoms with Gasteiger partial charge in [-0.1, -0.05) is 15.9 Å². The van der Waals surface area contributed by atoms with E-state index in [1.807, 2.05) is 20.8 Å². The van der Waals surface area contributed by atoms with E-state index in [1.165, 1.54) is 0 Å². The molecule has 0 heterocycles. The molecular weight excluding hydrogens is 246 g/mol. The molecule has 14 heavy (non-hydrogen) atoms. The zero-order valence-corrected chi connectivity index (χ0v) is 10.1. The highest BCUT2D eigenvalue weighted by molar-refractivity contribution is 9.10. The van der Waals surface area contributed by atoms with E-state index in [9.17, 15) is 5.11 Å². The molecule has 1 rings (SSSR count). The van der Waals surface area contributed by atoms with Gasteiger partial charge in [-0.05, 0) is 37.5 Å². The molecule has 0 amide bonds. The Morgan fingerprint density at radius 1 is 1.14 bits per heavy atom. The Labute approximate surface area is 91.9 Å². The summed E-state index contributed by atoms with van der Waals surface area (Å²) in [6.07, 6.45) is 0. The van der Waals surface area contributed by atoms with Crippen LogP contribution >= 0.6 is 15.9 Å². The van der Waals surface area contributed by atoms with Crippen LogP contribution in [0.5, 0.6) is 5.75 Å². The molecule has 0 bridgehead atoms. The van der Waals surface area contributed by atoms with Crippen LogP contribution in [0.3, 0.4) is 0 Å². The predicted octanol–water partition coefficient (Wildman–Crippen LogP) is 2.56. The number of nitrogens with one attached hydrogen (secondary N) is 1. The number of hydrogen-bond donors (Lipinski definition) is 3. The molecule has 0 aliphatic carbocycles. The first kappa shape index (κ1) is 11.5. The molecule has 0 radical (unpaired) electrons. The number of hydroxylamine groups is 1. The molecule has 78 valence electrons. The van der Waals surface area contributed by atoms with Gasteiger partial charge >= 0.3 is 0 Å². The molecule has 0 fully saturated rings. The second-order valence-electron chi connectivity index (χ2n) is 3.35. The zero-order valence-electron chi connectivity index (χ0n) is 8.48. The third-order valence-electron chi connectivity index (χ3n) is 2.57. The fraction of sp³-hybridized carbons (Fsp3) is 0.400. The molecule has 4 heteroatoms. The van der Waals surface area contributed by atoms with Crippen LogP contribution in [0.1, 0.15) is 22.3 Å². The summed E-state index contributed by atoms with van der Waals surface area (Å²) in [7, 11) is 0. The van der Waals surface area contributed by atoms with Crippen molar-refractivity contribution >= 4 is 15.9 Å². The third-order valence-corrected chi connectivity index (χ3v) is 3.76. The van der Waals surface area contributed by atoms with Crippen molar-refractivity contribution in [3.8, 4) is 5.75 Å². The molecule has 0 unspecified atom stereocenters. The number of rotatable bonds is 2. The van der Waals surface area contributed by atoms with Crippen LogP contribution in [0, 0.1) is 20.8 Å². The van der Waals surface area contributed by atoms with Crippen molar-refractivity contribution in [2.24, 2.45) is 0 Å². The molecule has 0 aliphatic rings. The summed E-state index contributed by atoms with van der Waals surface area (Å²) >= 11 is 3.46. The van der Waals surface area contributed by atoms with Gasteiger partial charge < -0.3 is 10.3 Å². The van der Waals surface area contributed by atoms with Gasteiger partial charge in [0.25, 0.3) is 0 Å². The van der Waals surface area contributed by atoms with Crippen LogP contribution in [0.2, 0.25) is 0 Å². The minimum absolute atomic E-state index is 0.247. The van der Waals surface area contributed by atoms with Crippen molar-refractivity contribution in [3.63, 3.8) is 0 Å². The second-order valence-corrected chi connectivity index (χ2v) is 4.14. The maximum Gasteiger partial charge on any atom is 0.123 e. The lowest BCUT2D eigenvalue weighted by molar-refractivity contribution is 0.160. The van der Waals surface area contributed by atoms with Crippen molar-refractivity contribution in [3.05, 3.63) is 26.7 Å². The number of halogens is 1. The summed E-state index contributed by atoms with van der Waals surface area (Å²) in [5, 5.41) is 18.5. The van der Waals surface area contributed by atoms with Crippen molar-refractivity contribution in [1.82, 2.24) is 5.48 Å². The van der Waals surface area contributed by atoms with Gasteiger partial charge in [-0.15, -0.1) is 0 Å². The summed E-state index contributed by atoms with van der Waals surface area (Å²) in [5.41, 5.74) is 5.60. The van der Waals surface area contributed by atoms with Gasteiger partial charge in [0.05, 0.1) is 0 Å². The van der Waals surface area contributed by atoms with E-state index in [0.717, 1.165) is 26.7 Å². The monoisotopic (exact) mass is 259 g/mol. The molecule has 1 aromatic carbocycles. The highest BCUT2D eigenvalue weighted by Crippen LogP contribution is 2.34. The van der Waals surface area contributed by atoms with Crippen LogP contribution in [-0.2, 0) is 6.54 Å². The van der Waals surface area contributed by atoms with Crippen LogP contribution in [0.15, 0.2) is 4.47 Å². The van der Waals surface area contributed by atoms with Crippen LogP contribution < -0.4 is 5.48 Å². The largest absolute Gasteiger partial charge is 0.507 e. The van der Waals surface area contributed by atoms with Gasteiger partial charge in [-0.2, -0.15) is 0 Å². The average molecular weight is 260 g/mol. The molecule has 0 spiro atoms. The normalized spacial score (nSPS) is 10.6. The maximum absolute atomic E-state index is 9.84. The van der Waals surface area contributed by atoms with Crippen molar-refractivity contribution in [2.75, 3.05) is 0 Å². The number of hydrogen-bond acceptors (Lipinski definition) is 3. The second kappa shape index (κ2) is 4.29. The number of phenols is 1. The van der Waals surface area contributed by atoms with Crippen LogP contribution in [0.4, 0.5) is 0 Å². The predicted molar refractivity (Wildman–Crippen MR) is 58.6 cm³/mol. The van der Waals surface area contributed by atoms with Gasteiger partial charge in [-0.25, -0.2) is 5.48 Å². The molecule has 3 nitrogen and oxygen atoms in total. The van der Waals surface area contributed by atoms with E-state index in [0.29, 0.717) is 0 Å². The van der Waals surface area contributed by atoms with Gasteiger partial charge in [0.2, 0.25) is 0 Å². The van der Waals surface area contributed by atoms with E-state index < -0.39 is 0 Å². The van der Waals surface area contributed by atoms with Crippen molar-refractivity contribution < 1.29 is 10.3 Å². The smallest absolute Gasteiger partial charge is 0.123 e. The summed E-state index contributed by atoms with van der Waals surface area (Å²) < 4.78 is 0.984. The molecule has 0 saturated carbocycles. The molecule has 1 aromatic rings. The Kier molecular flexibility index (Phi) is 3.53. The van der Waals surface area contributed by atoms with E-state index in [-0.39, 0.29) is 12.3 Å². The number of phenolic OH excluding ortho intramolecular Hbond substituents is 1. The van der Waals surface area contributed by atoms with Crippen LogP contribution in [-0.4, -0.2) is 10.3 Å². The standard InChI is InChI=1S/C10H14BrNO2/c1-5-6(2)10(13)8(4-12-14)7(3)9(5)11/h12-14H,4H2,1-3H3. The highest BCUT2D eigenvalue weighted by Gasteiger charge is 2.14. The molecular formula is C10H14BrNO2. The first-order valence-corrected chi connectivity index (χ1v) is 5.14. The highest BCUT2D eigenvalue weighted by atomic mass is 79.9. The quantitative estimate of drug-likeness (QED) is 0.716. The van der Waals surface area contributed by atoms with Gasteiger partial charge in [0.1, 0.15) is 5.75 Å². The van der Waals surface area contributed by atoms with Gasteiger partial charge in [0, 0.05) is 16.6 Å². The number of aromatic hydroxyl groups is 1. The lowest BCUT2D eigenvalue weighted by Crippen LogP contribution is -2.09. The maximum atomic E-state index is 9.84. The molecule has 0 atom stereocenters. The van der Waals surface area contributed by atoms with Crippen molar-refractivity contribution in [1.29, 1.82) is 0 Å². The van der Waals surface area contributed by atoms with Crippen molar-refractivity contribution in [2.45, 2.75) is 27.3 Å². The van der Waals surface area contributed by atoms with E-state index in [4.69, 9.17) is 5.21 Å². The number of benzene rings is 1. The molecule has 0 aromatic heterocycles. The summed E-state index contributed by atoms with van der Waals surface area (Å²) in [6, 6.07) is 0. The first-order valence-electron chi connectivity index (χ1n) is 4.34. The van der Waals surface area contributed by atoms with E-state index >= 15 is 0 Å². The zero-order chi connectivity index (χ0) is 10.9. The lowest BCUT2D eigenvalue weighted by Gasteiger charge is -2.15. The molecule has 0 aliphatic heterocycles. The first-order chi connectivity index (χ1) is 6.50. The molecule has 3 N–H and O–H groups in total. The fourth-order valence-corrected chi connectivity index (χ4v) is 1.99. The molecule has 0 saturated heterocycles. The summed E-state index contributed by atoms with van der Waals surface area (Å²) in [4.78, 5) is 0. The fourth-order valence-electron chi connectivity index (χ4n) is 1.46. The van der Waals surface area contributed by atoms with E-state index in [2.05, 4.69) is 21.4 Å². The SMILES string of the molecule is Cc1c(C)c(Br)c(C)c(CNO)c1O. The summed E-state index contributed by atoms with van der Waals surface area (Å²) in [5.74, 6) is 0.254.